The molecule has 0 radical (unpaired) electrons. The van der Waals surface area contributed by atoms with E-state index in [1.54, 1.807) is 0 Å². The molecule has 2 rings (SSSR count). The van der Waals surface area contributed by atoms with Crippen molar-refractivity contribution in [2.24, 2.45) is 0 Å². The largest absolute Gasteiger partial charge is 0.416 e. The second kappa shape index (κ2) is 8.21. The highest BCUT2D eigenvalue weighted by atomic mass is 32.2. The molecule has 0 fully saturated rings. The third kappa shape index (κ3) is 5.64. The van der Waals surface area contributed by atoms with E-state index in [0.717, 1.165) is 10.5 Å². The molecule has 4 N–H and O–H groups in total. The van der Waals surface area contributed by atoms with E-state index in [2.05, 4.69) is 4.98 Å². The van der Waals surface area contributed by atoms with Crippen molar-refractivity contribution in [3.63, 3.8) is 0 Å². The van der Waals surface area contributed by atoms with Crippen molar-refractivity contribution in [1.29, 1.82) is 0 Å². The summed E-state index contributed by atoms with van der Waals surface area (Å²) < 4.78 is 36.6. The number of aliphatic hydroxyl groups excluding tert-OH is 1. The Hall–Kier alpha value is -2.26. The fourth-order valence-corrected chi connectivity index (χ4v) is 2.72. The fourth-order valence-electron chi connectivity index (χ4n) is 1.86. The van der Waals surface area contributed by atoms with Crippen LogP contribution in [-0.4, -0.2) is 34.8 Å². The van der Waals surface area contributed by atoms with E-state index >= 15 is 0 Å². The normalized spacial score (nSPS) is 12.6. The third-order valence-corrected chi connectivity index (χ3v) is 4.22. The number of alkyl halides is 3. The maximum absolute atomic E-state index is 12.2. The summed E-state index contributed by atoms with van der Waals surface area (Å²) in [7, 11) is 0. The highest BCUT2D eigenvalue weighted by Gasteiger charge is 2.38. The van der Waals surface area contributed by atoms with Crippen LogP contribution in [0.25, 0.3) is 0 Å². The van der Waals surface area contributed by atoms with Crippen LogP contribution >= 0.6 is 11.8 Å². The van der Waals surface area contributed by atoms with E-state index in [0.29, 0.717) is 5.75 Å². The number of nitrogens with one attached hydrogen (secondary N) is 1. The highest BCUT2D eigenvalue weighted by Crippen LogP contribution is 2.25. The lowest BCUT2D eigenvalue weighted by molar-refractivity contribution is -0.201. The number of anilines is 1. The number of nitrogen functional groups attached to an aromatic ring is 1. The molecule has 1 aromatic carbocycles. The first-order valence-corrected chi connectivity index (χ1v) is 8.21. The first-order valence-electron chi connectivity index (χ1n) is 7.22. The first-order chi connectivity index (χ1) is 11.8. The third-order valence-electron chi connectivity index (χ3n) is 3.19. The predicted octanol–water partition coefficient (Wildman–Crippen LogP) is 2.61. The second-order valence-electron chi connectivity index (χ2n) is 5.15. The zero-order chi connectivity index (χ0) is 18.4. The molecule has 0 aliphatic rings. The van der Waals surface area contributed by atoms with Gasteiger partial charge in [-0.15, -0.1) is 11.8 Å². The highest BCUT2D eigenvalue weighted by molar-refractivity contribution is 7.98. The van der Waals surface area contributed by atoms with Crippen LogP contribution in [0.3, 0.4) is 0 Å². The van der Waals surface area contributed by atoms with E-state index in [1.807, 2.05) is 35.6 Å². The van der Waals surface area contributed by atoms with Gasteiger partial charge >= 0.3 is 6.18 Å². The Balaban J connectivity index is 1.95. The number of amides is 1. The lowest BCUT2D eigenvalue weighted by atomic mass is 10.2. The molecule has 0 aliphatic heterocycles. The van der Waals surface area contributed by atoms with Gasteiger partial charge in [0.25, 0.3) is 5.91 Å². The molecule has 1 atom stereocenters. The maximum Gasteiger partial charge on any atom is 0.416 e. The number of nitrogens with zero attached hydrogens (tertiary/aromatic N) is 1. The number of benzene rings is 1. The zero-order valence-corrected chi connectivity index (χ0v) is 13.8. The quantitative estimate of drug-likeness (QED) is 0.680. The van der Waals surface area contributed by atoms with Gasteiger partial charge in [-0.25, -0.2) is 4.98 Å². The molecular formula is C16H16F3N3O2S. The predicted molar refractivity (Wildman–Crippen MR) is 89.0 cm³/mol. The molecule has 134 valence electrons. The number of aliphatic hydroxyl groups is 1. The number of aromatic nitrogens is 1. The maximum atomic E-state index is 12.2. The molecule has 5 nitrogen and oxygen atoms in total. The number of hydrogen-bond donors (Lipinski definition) is 3. The molecule has 9 heteroatoms. The molecule has 2 aromatic rings. The number of carbonyl (C=O) groups is 1. The van der Waals surface area contributed by atoms with Crippen molar-refractivity contribution < 1.29 is 23.1 Å². The second-order valence-corrected chi connectivity index (χ2v) is 6.20. The number of thioether (sulfide) groups is 1. The lowest BCUT2D eigenvalue weighted by Gasteiger charge is -2.15. The Morgan fingerprint density at radius 1 is 1.32 bits per heavy atom. The van der Waals surface area contributed by atoms with Crippen LogP contribution in [0.15, 0.2) is 47.5 Å². The van der Waals surface area contributed by atoms with Gasteiger partial charge in [0.05, 0.1) is 12.2 Å². The molecule has 0 saturated heterocycles. The summed E-state index contributed by atoms with van der Waals surface area (Å²) in [4.78, 5) is 16.5. The minimum Gasteiger partial charge on any atom is -0.397 e. The number of pyridine rings is 1. The van der Waals surface area contributed by atoms with Gasteiger partial charge in [0.1, 0.15) is 0 Å². The van der Waals surface area contributed by atoms with E-state index in [-0.39, 0.29) is 11.4 Å². The lowest BCUT2D eigenvalue weighted by Crippen LogP contribution is -2.41. The van der Waals surface area contributed by atoms with E-state index in [1.165, 1.54) is 24.0 Å². The van der Waals surface area contributed by atoms with Crippen LogP contribution in [0.5, 0.6) is 0 Å². The molecule has 1 amide bonds. The summed E-state index contributed by atoms with van der Waals surface area (Å²) in [6, 6.07) is 11.2. The van der Waals surface area contributed by atoms with Crippen LogP contribution in [-0.2, 0) is 5.75 Å². The van der Waals surface area contributed by atoms with Gasteiger partial charge in [0.15, 0.2) is 11.8 Å². The fraction of sp³-hybridized carbons (Fsp3) is 0.250. The summed E-state index contributed by atoms with van der Waals surface area (Å²) in [5, 5.41) is 10.8. The Kier molecular flexibility index (Phi) is 6.27. The molecule has 1 heterocycles. The molecule has 0 bridgehead atoms. The summed E-state index contributed by atoms with van der Waals surface area (Å²) in [5.74, 6) is -0.189. The van der Waals surface area contributed by atoms with E-state index in [9.17, 15) is 18.0 Å². The van der Waals surface area contributed by atoms with Crippen molar-refractivity contribution in [2.75, 3.05) is 12.3 Å². The number of halogens is 3. The standard InChI is InChI=1S/C16H16F3N3O2S/c17-16(18,19)13(23)8-22-15(24)14-12(20)6-11(7-21-14)25-9-10-4-2-1-3-5-10/h1-7,13,23H,8-9,20H2,(H,22,24). The SMILES string of the molecule is Nc1cc(SCc2ccccc2)cnc1C(=O)NCC(O)C(F)(F)F. The van der Waals surface area contributed by atoms with Gasteiger partial charge in [-0.05, 0) is 11.6 Å². The minimum absolute atomic E-state index is 0.0528. The molecule has 0 saturated carbocycles. The number of rotatable bonds is 6. The van der Waals surface area contributed by atoms with Gasteiger partial charge in [0, 0.05) is 16.8 Å². The minimum atomic E-state index is -4.80. The van der Waals surface area contributed by atoms with Crippen molar-refractivity contribution in [2.45, 2.75) is 22.9 Å². The molecular weight excluding hydrogens is 355 g/mol. The summed E-state index contributed by atoms with van der Waals surface area (Å²) >= 11 is 1.47. The Morgan fingerprint density at radius 2 is 2.00 bits per heavy atom. The average molecular weight is 371 g/mol. The molecule has 25 heavy (non-hydrogen) atoms. The van der Waals surface area contributed by atoms with Gasteiger partial charge in [-0.3, -0.25) is 4.79 Å². The summed E-state index contributed by atoms with van der Waals surface area (Å²) in [6.07, 6.45) is -6.01. The molecule has 0 spiro atoms. The number of hydrogen-bond acceptors (Lipinski definition) is 5. The van der Waals surface area contributed by atoms with E-state index in [4.69, 9.17) is 10.8 Å². The zero-order valence-electron chi connectivity index (χ0n) is 13.0. The van der Waals surface area contributed by atoms with Gasteiger partial charge in [-0.2, -0.15) is 13.2 Å². The van der Waals surface area contributed by atoms with Crippen molar-refractivity contribution >= 4 is 23.4 Å². The summed E-state index contributed by atoms with van der Waals surface area (Å²) in [6.45, 7) is -0.964. The summed E-state index contributed by atoms with van der Waals surface area (Å²) in [5.41, 5.74) is 6.74. The monoisotopic (exact) mass is 371 g/mol. The van der Waals surface area contributed by atoms with Crippen LogP contribution in [0.1, 0.15) is 16.1 Å². The molecule has 1 unspecified atom stereocenters. The molecule has 0 aliphatic carbocycles. The van der Waals surface area contributed by atoms with Gasteiger partial charge < -0.3 is 16.2 Å². The van der Waals surface area contributed by atoms with Crippen LogP contribution in [0, 0.1) is 0 Å². The van der Waals surface area contributed by atoms with Gasteiger partial charge in [-0.1, -0.05) is 30.3 Å². The first kappa shape index (κ1) is 19.1. The Bertz CT molecular complexity index is 726. The van der Waals surface area contributed by atoms with E-state index < -0.39 is 24.7 Å². The average Bonchev–Trinajstić information content (AvgIpc) is 2.57. The van der Waals surface area contributed by atoms with Crippen molar-refractivity contribution in [3.8, 4) is 0 Å². The van der Waals surface area contributed by atoms with Crippen molar-refractivity contribution in [3.05, 3.63) is 53.9 Å². The van der Waals surface area contributed by atoms with Crippen molar-refractivity contribution in [1.82, 2.24) is 10.3 Å². The molecule has 1 aromatic heterocycles. The van der Waals surface area contributed by atoms with Gasteiger partial charge in [0.2, 0.25) is 0 Å². The number of nitrogens with two attached hydrogens (primary N) is 1. The Morgan fingerprint density at radius 3 is 2.60 bits per heavy atom. The smallest absolute Gasteiger partial charge is 0.397 e. The van der Waals surface area contributed by atoms with Crippen LogP contribution < -0.4 is 11.1 Å². The Labute approximate surface area is 146 Å². The van der Waals surface area contributed by atoms with Crippen LogP contribution in [0.2, 0.25) is 0 Å². The van der Waals surface area contributed by atoms with Crippen LogP contribution in [0.4, 0.5) is 18.9 Å². The number of carbonyl (C=O) groups excluding carboxylic acids is 1. The topological polar surface area (TPSA) is 88.2 Å².